The normalized spacial score (nSPS) is 21.1. The second-order valence-electron chi connectivity index (χ2n) is 4.74. The molecule has 0 spiro atoms. The summed E-state index contributed by atoms with van der Waals surface area (Å²) < 4.78 is 0. The first-order valence-electron chi connectivity index (χ1n) is 6.02. The molecule has 1 aliphatic heterocycles. The van der Waals surface area contributed by atoms with Gasteiger partial charge >= 0.3 is 0 Å². The number of rotatable bonds is 2. The first-order valence-corrected chi connectivity index (χ1v) is 6.40. The summed E-state index contributed by atoms with van der Waals surface area (Å²) in [6, 6.07) is 5.06. The fourth-order valence-corrected chi connectivity index (χ4v) is 2.43. The zero-order valence-corrected chi connectivity index (χ0v) is 11.0. The highest BCUT2D eigenvalue weighted by Crippen LogP contribution is 2.26. The third kappa shape index (κ3) is 2.44. The van der Waals surface area contributed by atoms with Crippen LogP contribution in [-0.2, 0) is 0 Å². The lowest BCUT2D eigenvalue weighted by atomic mass is 10.0. The van der Waals surface area contributed by atoms with Crippen LogP contribution in [0.1, 0.15) is 23.7 Å². The van der Waals surface area contributed by atoms with Gasteiger partial charge in [-0.15, -0.1) is 0 Å². The maximum Gasteiger partial charge on any atom is 0.256 e. The van der Waals surface area contributed by atoms with E-state index >= 15 is 0 Å². The van der Waals surface area contributed by atoms with E-state index in [-0.39, 0.29) is 17.9 Å². The Bertz CT molecular complexity index is 462. The molecule has 1 aromatic carbocycles. The number of carbonyl (C=O) groups is 1. The second kappa shape index (κ2) is 5.16. The molecule has 98 valence electrons. The summed E-state index contributed by atoms with van der Waals surface area (Å²) in [4.78, 5) is 14.0. The Kier molecular flexibility index (Phi) is 3.78. The van der Waals surface area contributed by atoms with Crippen molar-refractivity contribution in [3.05, 3.63) is 28.8 Å². The number of nitrogens with two attached hydrogens (primary N) is 1. The second-order valence-corrected chi connectivity index (χ2v) is 5.15. The van der Waals surface area contributed by atoms with Crippen LogP contribution in [0, 0.1) is 5.92 Å². The third-order valence-electron chi connectivity index (χ3n) is 3.48. The molecule has 0 radical (unpaired) electrons. The van der Waals surface area contributed by atoms with Crippen LogP contribution in [0.4, 0.5) is 5.69 Å². The molecule has 4 nitrogen and oxygen atoms in total. The van der Waals surface area contributed by atoms with E-state index in [0.717, 1.165) is 6.42 Å². The van der Waals surface area contributed by atoms with E-state index in [0.29, 0.717) is 29.4 Å². The lowest BCUT2D eigenvalue weighted by Crippen LogP contribution is -2.30. The highest BCUT2D eigenvalue weighted by Gasteiger charge is 2.30. The zero-order valence-electron chi connectivity index (χ0n) is 10.3. The van der Waals surface area contributed by atoms with Crippen molar-refractivity contribution < 1.29 is 9.90 Å². The van der Waals surface area contributed by atoms with Crippen LogP contribution in [0.2, 0.25) is 5.02 Å². The Morgan fingerprint density at radius 1 is 1.61 bits per heavy atom. The van der Waals surface area contributed by atoms with E-state index in [1.165, 1.54) is 0 Å². The molecule has 0 aromatic heterocycles. The van der Waals surface area contributed by atoms with Crippen LogP contribution < -0.4 is 5.73 Å². The van der Waals surface area contributed by atoms with Gasteiger partial charge in [-0.2, -0.15) is 0 Å². The zero-order chi connectivity index (χ0) is 13.3. The van der Waals surface area contributed by atoms with Gasteiger partial charge in [-0.05, 0) is 25.5 Å². The summed E-state index contributed by atoms with van der Waals surface area (Å²) in [5, 5.41) is 9.93. The number of nitrogen functional groups attached to an aromatic ring is 1. The minimum absolute atomic E-state index is 0.113. The Morgan fingerprint density at radius 2 is 2.33 bits per heavy atom. The predicted molar refractivity (Wildman–Crippen MR) is 71.6 cm³/mol. The summed E-state index contributed by atoms with van der Waals surface area (Å²) in [5.74, 6) is 0.0347. The monoisotopic (exact) mass is 268 g/mol. The number of para-hydroxylation sites is 1. The van der Waals surface area contributed by atoms with Crippen LogP contribution in [0.25, 0.3) is 0 Å². The molecule has 3 N–H and O–H groups in total. The Balaban J connectivity index is 2.16. The number of halogens is 1. The largest absolute Gasteiger partial charge is 0.397 e. The van der Waals surface area contributed by atoms with Gasteiger partial charge in [-0.1, -0.05) is 17.7 Å². The molecule has 1 aromatic rings. The third-order valence-corrected chi connectivity index (χ3v) is 3.81. The standard InChI is InChI=1S/C13H17ClN2O2/c1-8(17)9-5-6-16(7-9)13(18)10-3-2-4-11(14)12(10)15/h2-4,8-9,17H,5-7,15H2,1H3. The number of carbonyl (C=O) groups excluding carboxylic acids is 1. The molecule has 0 aliphatic carbocycles. The number of aliphatic hydroxyl groups excluding tert-OH is 1. The van der Waals surface area contributed by atoms with Crippen molar-refractivity contribution in [3.63, 3.8) is 0 Å². The maximum atomic E-state index is 12.3. The Morgan fingerprint density at radius 3 is 2.94 bits per heavy atom. The molecular weight excluding hydrogens is 252 g/mol. The molecule has 0 bridgehead atoms. The molecular formula is C13H17ClN2O2. The molecule has 2 atom stereocenters. The van der Waals surface area contributed by atoms with E-state index in [2.05, 4.69) is 0 Å². The number of aliphatic hydroxyl groups is 1. The summed E-state index contributed by atoms with van der Waals surface area (Å²) >= 11 is 5.91. The fraction of sp³-hybridized carbons (Fsp3) is 0.462. The first-order chi connectivity index (χ1) is 8.50. The van der Waals surface area contributed by atoms with Crippen molar-refractivity contribution in [1.29, 1.82) is 0 Å². The molecule has 5 heteroatoms. The van der Waals surface area contributed by atoms with Crippen molar-refractivity contribution in [3.8, 4) is 0 Å². The quantitative estimate of drug-likeness (QED) is 0.804. The molecule has 18 heavy (non-hydrogen) atoms. The van der Waals surface area contributed by atoms with E-state index in [9.17, 15) is 9.90 Å². The number of hydrogen-bond donors (Lipinski definition) is 2. The smallest absolute Gasteiger partial charge is 0.256 e. The molecule has 0 saturated carbocycles. The highest BCUT2D eigenvalue weighted by atomic mass is 35.5. The minimum atomic E-state index is -0.389. The van der Waals surface area contributed by atoms with Crippen LogP contribution in [-0.4, -0.2) is 35.1 Å². The number of hydrogen-bond acceptors (Lipinski definition) is 3. The lowest BCUT2D eigenvalue weighted by Gasteiger charge is -2.18. The van der Waals surface area contributed by atoms with Crippen LogP contribution >= 0.6 is 11.6 Å². The maximum absolute atomic E-state index is 12.3. The summed E-state index contributed by atoms with van der Waals surface area (Å²) in [5.41, 5.74) is 6.58. The number of likely N-dealkylation sites (tertiary alicyclic amines) is 1. The SMILES string of the molecule is CC(O)C1CCN(C(=O)c2cccc(Cl)c2N)C1. The Labute approximate surface area is 111 Å². The molecule has 1 heterocycles. The summed E-state index contributed by atoms with van der Waals surface area (Å²) in [6.45, 7) is 2.98. The number of amides is 1. The van der Waals surface area contributed by atoms with E-state index < -0.39 is 0 Å². The van der Waals surface area contributed by atoms with Crippen molar-refractivity contribution in [1.82, 2.24) is 4.90 Å². The van der Waals surface area contributed by atoms with Gasteiger partial charge in [0.2, 0.25) is 0 Å². The number of benzene rings is 1. The van der Waals surface area contributed by atoms with Gasteiger partial charge in [0.25, 0.3) is 5.91 Å². The fourth-order valence-electron chi connectivity index (χ4n) is 2.26. The van der Waals surface area contributed by atoms with Crippen molar-refractivity contribution in [2.24, 2.45) is 5.92 Å². The highest BCUT2D eigenvalue weighted by molar-refractivity contribution is 6.33. The van der Waals surface area contributed by atoms with Gasteiger partial charge in [0, 0.05) is 19.0 Å². The van der Waals surface area contributed by atoms with Crippen molar-refractivity contribution in [2.75, 3.05) is 18.8 Å². The average molecular weight is 269 g/mol. The van der Waals surface area contributed by atoms with Crippen LogP contribution in [0.15, 0.2) is 18.2 Å². The van der Waals surface area contributed by atoms with Gasteiger partial charge < -0.3 is 15.7 Å². The van der Waals surface area contributed by atoms with E-state index in [1.54, 1.807) is 30.0 Å². The van der Waals surface area contributed by atoms with E-state index in [1.807, 2.05) is 0 Å². The van der Waals surface area contributed by atoms with Crippen LogP contribution in [0.3, 0.4) is 0 Å². The van der Waals surface area contributed by atoms with Gasteiger partial charge in [0.1, 0.15) is 0 Å². The minimum Gasteiger partial charge on any atom is -0.397 e. The topological polar surface area (TPSA) is 66.6 Å². The lowest BCUT2D eigenvalue weighted by molar-refractivity contribution is 0.0763. The summed E-state index contributed by atoms with van der Waals surface area (Å²) in [7, 11) is 0. The predicted octanol–water partition coefficient (Wildman–Crippen LogP) is 1.77. The van der Waals surface area contributed by atoms with Gasteiger partial charge in [-0.25, -0.2) is 0 Å². The first kappa shape index (κ1) is 13.2. The van der Waals surface area contributed by atoms with Crippen LogP contribution in [0.5, 0.6) is 0 Å². The summed E-state index contributed by atoms with van der Waals surface area (Å²) in [6.07, 6.45) is 0.434. The number of nitrogens with zero attached hydrogens (tertiary/aromatic N) is 1. The number of anilines is 1. The Hall–Kier alpha value is -1.26. The van der Waals surface area contributed by atoms with Gasteiger partial charge in [-0.3, -0.25) is 4.79 Å². The molecule has 1 amide bonds. The average Bonchev–Trinajstić information content (AvgIpc) is 2.81. The molecule has 1 saturated heterocycles. The van der Waals surface area contributed by atoms with Crippen molar-refractivity contribution in [2.45, 2.75) is 19.4 Å². The van der Waals surface area contributed by atoms with Crippen molar-refractivity contribution >= 4 is 23.2 Å². The molecule has 1 aliphatic rings. The molecule has 2 unspecified atom stereocenters. The molecule has 2 rings (SSSR count). The van der Waals surface area contributed by atoms with E-state index in [4.69, 9.17) is 17.3 Å². The van der Waals surface area contributed by atoms with Gasteiger partial charge in [0.15, 0.2) is 0 Å². The van der Waals surface area contributed by atoms with Gasteiger partial charge in [0.05, 0.1) is 22.4 Å². The molecule has 1 fully saturated rings.